The smallest absolute Gasteiger partial charge is 0.125 e. The van der Waals surface area contributed by atoms with E-state index in [-0.39, 0.29) is 6.04 Å². The minimum absolute atomic E-state index is 0.118. The van der Waals surface area contributed by atoms with Crippen LogP contribution >= 0.6 is 15.9 Å². The number of rotatable bonds is 5. The average Bonchev–Trinajstić information content (AvgIpc) is 2.84. The van der Waals surface area contributed by atoms with Gasteiger partial charge in [-0.15, -0.1) is 0 Å². The van der Waals surface area contributed by atoms with Crippen LogP contribution in [-0.2, 0) is 6.42 Å². The molecule has 0 radical (unpaired) electrons. The van der Waals surface area contributed by atoms with E-state index >= 15 is 0 Å². The van der Waals surface area contributed by atoms with Crippen LogP contribution in [0, 0.1) is 0 Å². The van der Waals surface area contributed by atoms with E-state index in [0.29, 0.717) is 0 Å². The predicted molar refractivity (Wildman–Crippen MR) is 77.7 cm³/mol. The van der Waals surface area contributed by atoms with Crippen LogP contribution in [0.25, 0.3) is 0 Å². The first-order valence-corrected chi connectivity index (χ1v) is 7.11. The SMILES string of the molecule is CCNC(c1cccc(Br)c1)c1ccc(CC)o1. The fourth-order valence-electron chi connectivity index (χ4n) is 2.01. The molecule has 1 atom stereocenters. The van der Waals surface area contributed by atoms with Gasteiger partial charge in [-0.2, -0.15) is 0 Å². The van der Waals surface area contributed by atoms with Crippen LogP contribution < -0.4 is 5.32 Å². The van der Waals surface area contributed by atoms with Gasteiger partial charge in [0.2, 0.25) is 0 Å². The molecule has 0 aliphatic carbocycles. The van der Waals surface area contributed by atoms with Gasteiger partial charge in [-0.1, -0.05) is 41.9 Å². The summed E-state index contributed by atoms with van der Waals surface area (Å²) in [6.07, 6.45) is 0.928. The van der Waals surface area contributed by atoms with E-state index in [1.807, 2.05) is 12.1 Å². The summed E-state index contributed by atoms with van der Waals surface area (Å²) in [6.45, 7) is 5.11. The fraction of sp³-hybridized carbons (Fsp3) is 0.333. The Hall–Kier alpha value is -1.06. The largest absolute Gasteiger partial charge is 0.464 e. The quantitative estimate of drug-likeness (QED) is 0.890. The maximum absolute atomic E-state index is 5.86. The molecule has 2 aromatic rings. The van der Waals surface area contributed by atoms with Crippen molar-refractivity contribution < 1.29 is 4.42 Å². The van der Waals surface area contributed by atoms with Crippen LogP contribution in [0.3, 0.4) is 0 Å². The molecular weight excluding hydrogens is 290 g/mol. The molecule has 0 aliphatic heterocycles. The third-order valence-electron chi connectivity index (χ3n) is 2.91. The van der Waals surface area contributed by atoms with Crippen LogP contribution in [0.5, 0.6) is 0 Å². The van der Waals surface area contributed by atoms with Crippen LogP contribution in [0.2, 0.25) is 0 Å². The van der Waals surface area contributed by atoms with Crippen molar-refractivity contribution >= 4 is 15.9 Å². The molecule has 18 heavy (non-hydrogen) atoms. The first kappa shape index (κ1) is 13.4. The lowest BCUT2D eigenvalue weighted by molar-refractivity contribution is 0.426. The molecule has 2 nitrogen and oxygen atoms in total. The molecular formula is C15H18BrNO. The molecule has 0 amide bonds. The lowest BCUT2D eigenvalue weighted by Crippen LogP contribution is -2.21. The van der Waals surface area contributed by atoms with E-state index in [1.165, 1.54) is 5.56 Å². The van der Waals surface area contributed by atoms with Crippen LogP contribution in [0.1, 0.15) is 37.0 Å². The Kier molecular flexibility index (Phi) is 4.61. The monoisotopic (exact) mass is 307 g/mol. The number of benzene rings is 1. The van der Waals surface area contributed by atoms with Crippen molar-refractivity contribution in [2.45, 2.75) is 26.3 Å². The normalized spacial score (nSPS) is 12.6. The Balaban J connectivity index is 2.33. The van der Waals surface area contributed by atoms with Crippen LogP contribution in [-0.4, -0.2) is 6.54 Å². The average molecular weight is 308 g/mol. The maximum Gasteiger partial charge on any atom is 0.125 e. The van der Waals surface area contributed by atoms with Gasteiger partial charge >= 0.3 is 0 Å². The predicted octanol–water partition coefficient (Wildman–Crippen LogP) is 4.30. The number of halogens is 1. The Morgan fingerprint density at radius 1 is 1.22 bits per heavy atom. The Morgan fingerprint density at radius 2 is 2.06 bits per heavy atom. The summed E-state index contributed by atoms with van der Waals surface area (Å²) >= 11 is 3.51. The summed E-state index contributed by atoms with van der Waals surface area (Å²) in [7, 11) is 0. The highest BCUT2D eigenvalue weighted by molar-refractivity contribution is 9.10. The molecule has 3 heteroatoms. The van der Waals surface area contributed by atoms with E-state index in [2.05, 4.69) is 59.4 Å². The lowest BCUT2D eigenvalue weighted by Gasteiger charge is -2.16. The third-order valence-corrected chi connectivity index (χ3v) is 3.40. The first-order valence-electron chi connectivity index (χ1n) is 6.32. The molecule has 1 aromatic heterocycles. The summed E-state index contributed by atoms with van der Waals surface area (Å²) in [6, 6.07) is 12.6. The molecule has 96 valence electrons. The fourth-order valence-corrected chi connectivity index (χ4v) is 2.43. The number of hydrogen-bond donors (Lipinski definition) is 1. The number of hydrogen-bond acceptors (Lipinski definition) is 2. The van der Waals surface area contributed by atoms with Gasteiger partial charge in [0.1, 0.15) is 11.5 Å². The second-order valence-corrected chi connectivity index (χ2v) is 5.12. The molecule has 1 N–H and O–H groups in total. The maximum atomic E-state index is 5.86. The van der Waals surface area contributed by atoms with Gasteiger partial charge in [0.25, 0.3) is 0 Å². The highest BCUT2D eigenvalue weighted by Crippen LogP contribution is 2.26. The zero-order valence-electron chi connectivity index (χ0n) is 10.7. The van der Waals surface area contributed by atoms with E-state index in [1.54, 1.807) is 0 Å². The standard InChI is InChI=1S/C15H18BrNO/c1-3-13-8-9-14(18-13)15(17-4-2)11-6-5-7-12(16)10-11/h5-10,15,17H,3-4H2,1-2H3. The summed E-state index contributed by atoms with van der Waals surface area (Å²) < 4.78 is 6.95. The van der Waals surface area contributed by atoms with Crippen molar-refractivity contribution in [1.29, 1.82) is 0 Å². The minimum atomic E-state index is 0.118. The Bertz CT molecular complexity index is 507. The lowest BCUT2D eigenvalue weighted by atomic mass is 10.0. The van der Waals surface area contributed by atoms with Gasteiger partial charge in [0.05, 0.1) is 6.04 Å². The van der Waals surface area contributed by atoms with E-state index < -0.39 is 0 Å². The van der Waals surface area contributed by atoms with E-state index in [0.717, 1.165) is 29.0 Å². The number of nitrogens with one attached hydrogen (secondary N) is 1. The van der Waals surface area contributed by atoms with Crippen LogP contribution in [0.15, 0.2) is 45.3 Å². The van der Waals surface area contributed by atoms with Crippen molar-refractivity contribution in [1.82, 2.24) is 5.32 Å². The molecule has 0 saturated carbocycles. The van der Waals surface area contributed by atoms with Crippen molar-refractivity contribution in [3.63, 3.8) is 0 Å². The molecule has 1 heterocycles. The Labute approximate surface area is 117 Å². The van der Waals surface area contributed by atoms with E-state index in [4.69, 9.17) is 4.42 Å². The molecule has 0 saturated heterocycles. The zero-order valence-corrected chi connectivity index (χ0v) is 12.3. The van der Waals surface area contributed by atoms with Gasteiger partial charge in [-0.05, 0) is 36.4 Å². The van der Waals surface area contributed by atoms with Crippen molar-refractivity contribution in [2.75, 3.05) is 6.54 Å². The minimum Gasteiger partial charge on any atom is -0.464 e. The summed E-state index contributed by atoms with van der Waals surface area (Å²) in [5.41, 5.74) is 1.21. The van der Waals surface area contributed by atoms with E-state index in [9.17, 15) is 0 Å². The highest BCUT2D eigenvalue weighted by Gasteiger charge is 2.16. The van der Waals surface area contributed by atoms with Crippen LogP contribution in [0.4, 0.5) is 0 Å². The molecule has 1 unspecified atom stereocenters. The molecule has 0 bridgehead atoms. The van der Waals surface area contributed by atoms with Gasteiger partial charge in [0, 0.05) is 10.9 Å². The Morgan fingerprint density at radius 3 is 2.67 bits per heavy atom. The van der Waals surface area contributed by atoms with Gasteiger partial charge in [-0.25, -0.2) is 0 Å². The van der Waals surface area contributed by atoms with Gasteiger partial charge < -0.3 is 9.73 Å². The first-order chi connectivity index (χ1) is 8.74. The summed E-state index contributed by atoms with van der Waals surface area (Å²) in [4.78, 5) is 0. The molecule has 0 spiro atoms. The van der Waals surface area contributed by atoms with Crippen molar-refractivity contribution in [2.24, 2.45) is 0 Å². The van der Waals surface area contributed by atoms with Gasteiger partial charge in [-0.3, -0.25) is 0 Å². The molecule has 2 rings (SSSR count). The molecule has 0 fully saturated rings. The van der Waals surface area contributed by atoms with Crippen molar-refractivity contribution in [3.05, 3.63) is 58.0 Å². The topological polar surface area (TPSA) is 25.2 Å². The third kappa shape index (κ3) is 3.03. The summed E-state index contributed by atoms with van der Waals surface area (Å²) in [5.74, 6) is 2.01. The second-order valence-electron chi connectivity index (χ2n) is 4.20. The second kappa shape index (κ2) is 6.21. The summed E-state index contributed by atoms with van der Waals surface area (Å²) in [5, 5.41) is 3.47. The molecule has 1 aromatic carbocycles. The molecule has 0 aliphatic rings. The zero-order chi connectivity index (χ0) is 13.0. The number of furan rings is 1. The number of aryl methyl sites for hydroxylation is 1. The highest BCUT2D eigenvalue weighted by atomic mass is 79.9. The van der Waals surface area contributed by atoms with Crippen molar-refractivity contribution in [3.8, 4) is 0 Å². The van der Waals surface area contributed by atoms with Gasteiger partial charge in [0.15, 0.2) is 0 Å².